The van der Waals surface area contributed by atoms with Crippen molar-refractivity contribution in [2.24, 2.45) is 0 Å². The second-order valence-electron chi connectivity index (χ2n) is 5.25. The molecule has 0 fully saturated rings. The van der Waals surface area contributed by atoms with Crippen LogP contribution in [0.5, 0.6) is 0 Å². The Balaban J connectivity index is 1.95. The molecule has 0 aliphatic rings. The van der Waals surface area contributed by atoms with E-state index in [1.807, 2.05) is 13.0 Å². The van der Waals surface area contributed by atoms with E-state index < -0.39 is 0 Å². The van der Waals surface area contributed by atoms with Crippen LogP contribution < -0.4 is 5.32 Å². The average Bonchev–Trinajstić information content (AvgIpc) is 2.47. The van der Waals surface area contributed by atoms with Crippen LogP contribution in [0.1, 0.15) is 24.2 Å². The fraction of sp³-hybridized carbons (Fsp3) is 0.167. The molecule has 21 heavy (non-hydrogen) atoms. The molecule has 3 heteroatoms. The Kier molecular flexibility index (Phi) is 3.93. The third kappa shape index (κ3) is 3.08. The summed E-state index contributed by atoms with van der Waals surface area (Å²) in [5, 5.41) is 4.77. The van der Waals surface area contributed by atoms with Crippen LogP contribution in [0.4, 0.5) is 5.69 Å². The zero-order valence-corrected chi connectivity index (χ0v) is 13.7. The van der Waals surface area contributed by atoms with Gasteiger partial charge in [0.25, 0.3) is 0 Å². The first-order valence-corrected chi connectivity index (χ1v) is 7.81. The first kappa shape index (κ1) is 14.1. The summed E-state index contributed by atoms with van der Waals surface area (Å²) in [5.74, 6) is 0. The van der Waals surface area contributed by atoms with Crippen LogP contribution in [0.15, 0.2) is 59.1 Å². The first-order chi connectivity index (χ1) is 10.1. The molecule has 0 saturated heterocycles. The molecule has 1 unspecified atom stereocenters. The highest BCUT2D eigenvalue weighted by Gasteiger charge is 2.09. The number of benzene rings is 2. The average molecular weight is 341 g/mol. The van der Waals surface area contributed by atoms with E-state index in [-0.39, 0.29) is 6.04 Å². The van der Waals surface area contributed by atoms with Gasteiger partial charge in [-0.25, -0.2) is 0 Å². The molecule has 0 aliphatic heterocycles. The minimum atomic E-state index is 0.239. The van der Waals surface area contributed by atoms with Crippen molar-refractivity contribution < 1.29 is 0 Å². The molecule has 0 amide bonds. The van der Waals surface area contributed by atoms with Crippen LogP contribution in [-0.4, -0.2) is 4.98 Å². The number of nitrogens with one attached hydrogen (secondary N) is 1. The number of halogens is 1. The van der Waals surface area contributed by atoms with Gasteiger partial charge in [-0.1, -0.05) is 46.3 Å². The fourth-order valence-corrected chi connectivity index (χ4v) is 2.76. The Morgan fingerprint density at radius 1 is 1.05 bits per heavy atom. The molecule has 0 bridgehead atoms. The zero-order valence-electron chi connectivity index (χ0n) is 12.1. The molecular weight excluding hydrogens is 324 g/mol. The number of fused-ring (bicyclic) bond motifs is 1. The number of hydrogen-bond donors (Lipinski definition) is 1. The maximum absolute atomic E-state index is 4.58. The number of pyridine rings is 1. The van der Waals surface area contributed by atoms with Crippen molar-refractivity contribution in [2.45, 2.75) is 19.9 Å². The van der Waals surface area contributed by atoms with E-state index in [1.165, 1.54) is 5.56 Å². The van der Waals surface area contributed by atoms with Crippen LogP contribution in [0.25, 0.3) is 10.9 Å². The fourth-order valence-electron chi connectivity index (χ4n) is 2.50. The van der Waals surface area contributed by atoms with Gasteiger partial charge in [-0.2, -0.15) is 0 Å². The molecule has 1 atom stereocenters. The lowest BCUT2D eigenvalue weighted by Gasteiger charge is -2.18. The van der Waals surface area contributed by atoms with Crippen molar-refractivity contribution in [3.63, 3.8) is 0 Å². The van der Waals surface area contributed by atoms with Gasteiger partial charge in [0.15, 0.2) is 0 Å². The maximum atomic E-state index is 4.58. The molecule has 3 aromatic rings. The predicted octanol–water partition coefficient (Wildman–Crippen LogP) is 5.48. The summed E-state index contributed by atoms with van der Waals surface area (Å²) in [6.07, 6.45) is 0. The van der Waals surface area contributed by atoms with Crippen LogP contribution in [0.2, 0.25) is 0 Å². The topological polar surface area (TPSA) is 24.9 Å². The van der Waals surface area contributed by atoms with Crippen LogP contribution >= 0.6 is 15.9 Å². The molecule has 0 saturated carbocycles. The molecule has 0 spiro atoms. The summed E-state index contributed by atoms with van der Waals surface area (Å²) in [7, 11) is 0. The number of aromatic nitrogens is 1. The number of aryl methyl sites for hydroxylation is 1. The highest BCUT2D eigenvalue weighted by Crippen LogP contribution is 2.27. The molecule has 1 N–H and O–H groups in total. The number of rotatable bonds is 3. The lowest BCUT2D eigenvalue weighted by molar-refractivity contribution is 0.885. The Bertz CT molecular complexity index is 766. The minimum Gasteiger partial charge on any atom is -0.378 e. The van der Waals surface area contributed by atoms with Crippen molar-refractivity contribution in [2.75, 3.05) is 5.32 Å². The normalized spacial score (nSPS) is 12.3. The Morgan fingerprint density at radius 3 is 2.52 bits per heavy atom. The number of nitrogens with zero attached hydrogens (tertiary/aromatic N) is 1. The van der Waals surface area contributed by atoms with Gasteiger partial charge >= 0.3 is 0 Å². The molecular formula is C18H17BrN2. The quantitative estimate of drug-likeness (QED) is 0.682. The molecule has 2 aromatic carbocycles. The second-order valence-corrected chi connectivity index (χ2v) is 6.16. The Labute approximate surface area is 133 Å². The van der Waals surface area contributed by atoms with Crippen LogP contribution in [0.3, 0.4) is 0 Å². The monoisotopic (exact) mass is 340 g/mol. The lowest BCUT2D eigenvalue weighted by atomic mass is 10.1. The minimum absolute atomic E-state index is 0.239. The number of para-hydroxylation sites is 1. The summed E-state index contributed by atoms with van der Waals surface area (Å²) in [6.45, 7) is 4.20. The van der Waals surface area contributed by atoms with Gasteiger partial charge in [0.2, 0.25) is 0 Å². The molecule has 106 valence electrons. The third-order valence-electron chi connectivity index (χ3n) is 3.59. The summed E-state index contributed by atoms with van der Waals surface area (Å²) in [6, 6.07) is 19.0. The summed E-state index contributed by atoms with van der Waals surface area (Å²) >= 11 is 3.47. The van der Waals surface area contributed by atoms with E-state index in [2.05, 4.69) is 81.7 Å². The Hall–Kier alpha value is -1.87. The van der Waals surface area contributed by atoms with Crippen LogP contribution in [-0.2, 0) is 0 Å². The zero-order chi connectivity index (χ0) is 14.8. The van der Waals surface area contributed by atoms with Gasteiger partial charge < -0.3 is 5.32 Å². The number of anilines is 1. The van der Waals surface area contributed by atoms with Gasteiger partial charge in [0, 0.05) is 27.3 Å². The maximum Gasteiger partial charge on any atom is 0.0725 e. The molecule has 1 heterocycles. The summed E-state index contributed by atoms with van der Waals surface area (Å²) < 4.78 is 1.10. The van der Waals surface area contributed by atoms with Crippen molar-refractivity contribution >= 4 is 32.5 Å². The van der Waals surface area contributed by atoms with E-state index >= 15 is 0 Å². The summed E-state index contributed by atoms with van der Waals surface area (Å²) in [5.41, 5.74) is 4.45. The summed E-state index contributed by atoms with van der Waals surface area (Å²) in [4.78, 5) is 4.58. The van der Waals surface area contributed by atoms with Crippen LogP contribution in [0, 0.1) is 6.92 Å². The molecule has 3 rings (SSSR count). The first-order valence-electron chi connectivity index (χ1n) is 7.02. The number of hydrogen-bond acceptors (Lipinski definition) is 2. The van der Waals surface area contributed by atoms with Crippen molar-refractivity contribution in [1.29, 1.82) is 0 Å². The standard InChI is InChI=1S/C18H17BrN2/c1-12-11-18(16-5-3-4-6-17(16)20-12)21-13(2)14-7-9-15(19)10-8-14/h3-11,13H,1-2H3,(H,20,21). The smallest absolute Gasteiger partial charge is 0.0725 e. The van der Waals surface area contributed by atoms with Gasteiger partial charge in [-0.3, -0.25) is 4.98 Å². The molecule has 0 radical (unpaired) electrons. The van der Waals surface area contributed by atoms with E-state index in [0.29, 0.717) is 0 Å². The third-order valence-corrected chi connectivity index (χ3v) is 4.11. The van der Waals surface area contributed by atoms with Gasteiger partial charge in [0.1, 0.15) is 0 Å². The molecule has 1 aromatic heterocycles. The van der Waals surface area contributed by atoms with Crippen molar-refractivity contribution in [3.8, 4) is 0 Å². The van der Waals surface area contributed by atoms with Crippen molar-refractivity contribution in [3.05, 3.63) is 70.3 Å². The van der Waals surface area contributed by atoms with E-state index in [9.17, 15) is 0 Å². The van der Waals surface area contributed by atoms with E-state index in [0.717, 1.165) is 26.8 Å². The van der Waals surface area contributed by atoms with Gasteiger partial charge in [-0.15, -0.1) is 0 Å². The molecule has 2 nitrogen and oxygen atoms in total. The highest BCUT2D eigenvalue weighted by atomic mass is 79.9. The largest absolute Gasteiger partial charge is 0.378 e. The predicted molar refractivity (Wildman–Crippen MR) is 92.7 cm³/mol. The lowest BCUT2D eigenvalue weighted by Crippen LogP contribution is -2.07. The van der Waals surface area contributed by atoms with Gasteiger partial charge in [-0.05, 0) is 43.7 Å². The van der Waals surface area contributed by atoms with E-state index in [1.54, 1.807) is 0 Å². The van der Waals surface area contributed by atoms with Gasteiger partial charge in [0.05, 0.1) is 5.52 Å². The highest BCUT2D eigenvalue weighted by molar-refractivity contribution is 9.10. The molecule has 0 aliphatic carbocycles. The SMILES string of the molecule is Cc1cc(NC(C)c2ccc(Br)cc2)c2ccccc2n1. The van der Waals surface area contributed by atoms with Crippen molar-refractivity contribution in [1.82, 2.24) is 4.98 Å². The Morgan fingerprint density at radius 2 is 1.76 bits per heavy atom. The van der Waals surface area contributed by atoms with E-state index in [4.69, 9.17) is 0 Å². The second kappa shape index (κ2) is 5.86.